The van der Waals surface area contributed by atoms with Crippen molar-refractivity contribution in [3.63, 3.8) is 0 Å². The smallest absolute Gasteiger partial charge is 0.0461 e. The highest BCUT2D eigenvalue weighted by molar-refractivity contribution is 5.77. The molecule has 54 heavy (non-hydrogen) atoms. The number of hydrogen-bond acceptors (Lipinski definition) is 2. The molecule has 6 aromatic rings. The lowest BCUT2D eigenvalue weighted by Gasteiger charge is -2.42. The summed E-state index contributed by atoms with van der Waals surface area (Å²) >= 11 is 0. The van der Waals surface area contributed by atoms with E-state index in [-0.39, 0.29) is 0 Å². The van der Waals surface area contributed by atoms with E-state index in [1.807, 2.05) is 0 Å². The predicted molar refractivity (Wildman–Crippen MR) is 228 cm³/mol. The summed E-state index contributed by atoms with van der Waals surface area (Å²) < 4.78 is 0. The molecular weight excluding hydrogens is 653 g/mol. The quantitative estimate of drug-likeness (QED) is 0.155. The maximum atomic E-state index is 2.47. The number of hydrogen-bond donors (Lipinski definition) is 0. The molecule has 4 bridgehead atoms. The molecule has 6 aromatic carbocycles. The van der Waals surface area contributed by atoms with Crippen LogP contribution in [0.2, 0.25) is 0 Å². The molecule has 2 heteroatoms. The second-order valence-electron chi connectivity index (χ2n) is 16.4. The second kappa shape index (κ2) is 16.1. The van der Waals surface area contributed by atoms with Crippen LogP contribution >= 0.6 is 0 Å². The monoisotopic (exact) mass is 706 g/mol. The van der Waals surface area contributed by atoms with Crippen LogP contribution in [0.15, 0.2) is 170 Å². The van der Waals surface area contributed by atoms with E-state index in [0.29, 0.717) is 11.8 Å². The van der Waals surface area contributed by atoms with Crippen LogP contribution in [0.5, 0.6) is 0 Å². The second-order valence-corrected chi connectivity index (χ2v) is 16.4. The maximum Gasteiger partial charge on any atom is 0.0461 e. The Labute approximate surface area is 323 Å². The van der Waals surface area contributed by atoms with Gasteiger partial charge in [0, 0.05) is 34.1 Å². The summed E-state index contributed by atoms with van der Waals surface area (Å²) in [4.78, 5) is 4.78. The van der Waals surface area contributed by atoms with E-state index in [2.05, 4.69) is 180 Å². The van der Waals surface area contributed by atoms with Crippen LogP contribution in [0.4, 0.5) is 34.1 Å². The van der Waals surface area contributed by atoms with Crippen molar-refractivity contribution in [3.8, 4) is 0 Å². The lowest BCUT2D eigenvalue weighted by atomic mass is 9.63. The molecule has 2 nitrogen and oxygen atoms in total. The normalized spacial score (nSPS) is 23.9. The van der Waals surface area contributed by atoms with Crippen LogP contribution in [0.1, 0.15) is 87.2 Å². The third-order valence-corrected chi connectivity index (χ3v) is 13.3. The average molecular weight is 707 g/mol. The zero-order valence-corrected chi connectivity index (χ0v) is 31.6. The fourth-order valence-corrected chi connectivity index (χ4v) is 10.5. The first-order chi connectivity index (χ1) is 26.8. The minimum atomic E-state index is 0.679. The van der Waals surface area contributed by atoms with Gasteiger partial charge in [0.1, 0.15) is 0 Å². The zero-order valence-electron chi connectivity index (χ0n) is 31.6. The first kappa shape index (κ1) is 34.7. The van der Waals surface area contributed by atoms with Crippen LogP contribution in [0.25, 0.3) is 0 Å². The molecule has 0 N–H and O–H groups in total. The van der Waals surface area contributed by atoms with E-state index in [4.69, 9.17) is 0 Å². The fourth-order valence-electron chi connectivity index (χ4n) is 10.5. The van der Waals surface area contributed by atoms with Crippen molar-refractivity contribution in [2.45, 2.75) is 76.0 Å². The van der Waals surface area contributed by atoms with Gasteiger partial charge in [-0.1, -0.05) is 123 Å². The molecule has 0 heterocycles. The first-order valence-corrected chi connectivity index (χ1v) is 20.8. The molecule has 0 amide bonds. The van der Waals surface area contributed by atoms with Gasteiger partial charge >= 0.3 is 0 Å². The Morgan fingerprint density at radius 2 is 0.537 bits per heavy atom. The van der Waals surface area contributed by atoms with Crippen LogP contribution in [-0.2, 0) is 0 Å². The highest BCUT2D eigenvalue weighted by Gasteiger charge is 2.37. The summed E-state index contributed by atoms with van der Waals surface area (Å²) in [6.45, 7) is 0. The molecule has 6 saturated carbocycles. The SMILES string of the molecule is c1ccc(N(c2ccccc2)c2ccc(C3C[C@H]4CCC3CCC3CC[C@H](CC4)C(c4ccc(N(c5ccccc5)c5ccccc5)cc4)C3)cc2)cc1. The highest BCUT2D eigenvalue weighted by atomic mass is 15.1. The summed E-state index contributed by atoms with van der Waals surface area (Å²) in [5.74, 6) is 4.62. The first-order valence-electron chi connectivity index (χ1n) is 20.8. The number of para-hydroxylation sites is 4. The van der Waals surface area contributed by atoms with Gasteiger partial charge in [-0.3, -0.25) is 0 Å². The Bertz CT molecular complexity index is 1810. The Kier molecular flexibility index (Phi) is 10.3. The fraction of sp³-hybridized carbons (Fsp3) is 0.308. The maximum absolute atomic E-state index is 2.47. The molecule has 6 aliphatic rings. The lowest BCUT2D eigenvalue weighted by Crippen LogP contribution is -2.29. The molecule has 6 aliphatic carbocycles. The molecule has 2 atom stereocenters. The third kappa shape index (κ3) is 7.49. The molecule has 12 rings (SSSR count). The molecule has 2 unspecified atom stereocenters. The summed E-state index contributed by atoms with van der Waals surface area (Å²) in [5.41, 5.74) is 10.4. The average Bonchev–Trinajstić information content (AvgIpc) is 3.24. The van der Waals surface area contributed by atoms with Gasteiger partial charge in [-0.2, -0.15) is 0 Å². The van der Waals surface area contributed by atoms with E-state index in [9.17, 15) is 0 Å². The van der Waals surface area contributed by atoms with Gasteiger partial charge in [-0.05, 0) is 158 Å². The van der Waals surface area contributed by atoms with E-state index < -0.39 is 0 Å². The molecule has 0 aliphatic heterocycles. The highest BCUT2D eigenvalue weighted by Crippen LogP contribution is 2.51. The minimum absolute atomic E-state index is 0.679. The van der Waals surface area contributed by atoms with Crippen molar-refractivity contribution < 1.29 is 0 Å². The van der Waals surface area contributed by atoms with Crippen LogP contribution in [-0.4, -0.2) is 0 Å². The summed E-state index contributed by atoms with van der Waals surface area (Å²) in [6.07, 6.45) is 13.9. The van der Waals surface area contributed by atoms with Gasteiger partial charge in [-0.25, -0.2) is 0 Å². The topological polar surface area (TPSA) is 6.48 Å². The van der Waals surface area contributed by atoms with Gasteiger partial charge in [0.2, 0.25) is 0 Å². The molecule has 6 fully saturated rings. The van der Waals surface area contributed by atoms with Crippen LogP contribution in [0.3, 0.4) is 0 Å². The van der Waals surface area contributed by atoms with Crippen LogP contribution < -0.4 is 9.80 Å². The third-order valence-electron chi connectivity index (χ3n) is 13.3. The molecule has 0 spiro atoms. The van der Waals surface area contributed by atoms with E-state index in [1.54, 1.807) is 11.1 Å². The summed E-state index contributed by atoms with van der Waals surface area (Å²) in [7, 11) is 0. The number of benzene rings is 6. The van der Waals surface area contributed by atoms with Crippen molar-refractivity contribution >= 4 is 34.1 Å². The predicted octanol–water partition coefficient (Wildman–Crippen LogP) is 14.9. The van der Waals surface area contributed by atoms with Gasteiger partial charge in [0.05, 0.1) is 0 Å². The van der Waals surface area contributed by atoms with E-state index in [1.165, 1.54) is 98.3 Å². The lowest BCUT2D eigenvalue weighted by molar-refractivity contribution is 0.145. The van der Waals surface area contributed by atoms with Gasteiger partial charge in [0.15, 0.2) is 0 Å². The molecular formula is C52H54N2. The van der Waals surface area contributed by atoms with E-state index in [0.717, 1.165) is 23.7 Å². The molecule has 272 valence electrons. The molecule has 0 radical (unpaired) electrons. The summed E-state index contributed by atoms with van der Waals surface area (Å²) in [6, 6.07) is 62.7. The van der Waals surface area contributed by atoms with Crippen molar-refractivity contribution in [1.29, 1.82) is 0 Å². The number of anilines is 6. The van der Waals surface area contributed by atoms with Crippen molar-refractivity contribution in [1.82, 2.24) is 0 Å². The Balaban J connectivity index is 0.924. The number of rotatable bonds is 8. The minimum Gasteiger partial charge on any atom is -0.311 e. The van der Waals surface area contributed by atoms with Gasteiger partial charge in [0.25, 0.3) is 0 Å². The van der Waals surface area contributed by atoms with Crippen LogP contribution in [0, 0.1) is 23.7 Å². The van der Waals surface area contributed by atoms with Crippen molar-refractivity contribution in [2.75, 3.05) is 9.80 Å². The Hall–Kier alpha value is -5.08. The van der Waals surface area contributed by atoms with Crippen molar-refractivity contribution in [3.05, 3.63) is 181 Å². The molecule has 0 aromatic heterocycles. The van der Waals surface area contributed by atoms with Gasteiger partial charge in [-0.15, -0.1) is 0 Å². The summed E-state index contributed by atoms with van der Waals surface area (Å²) in [5, 5.41) is 0. The standard InChI is InChI=1S/C52H54N2/c1-5-13-45(14-6-1)53(46-15-7-2-8-16-46)49-33-29-43(30-34-49)51-37-39-21-25-41(51)27-23-40-22-26-42(28-24-39)52(38-40)44-31-35-50(36-32-44)54(47-17-9-3-10-18-47)48-19-11-4-12-20-48/h1-20,29-36,39-42,51-52H,21-28,37-38H2/t39-,40?,41?,42+,51?,52?/m0/s1. The van der Waals surface area contributed by atoms with Crippen molar-refractivity contribution in [2.24, 2.45) is 23.7 Å². The van der Waals surface area contributed by atoms with E-state index >= 15 is 0 Å². The molecule has 0 saturated heterocycles. The van der Waals surface area contributed by atoms with Gasteiger partial charge < -0.3 is 9.80 Å². The largest absolute Gasteiger partial charge is 0.311 e. The Morgan fingerprint density at radius 3 is 0.815 bits per heavy atom. The zero-order chi connectivity index (χ0) is 36.1. The number of nitrogens with zero attached hydrogens (tertiary/aromatic N) is 2. The Morgan fingerprint density at radius 1 is 0.278 bits per heavy atom.